The van der Waals surface area contributed by atoms with E-state index >= 15 is 0 Å². The third-order valence-corrected chi connectivity index (χ3v) is 4.98. The number of benzene rings is 3. The quantitative estimate of drug-likeness (QED) is 0.617. The standard InChI is InChI=1S/C23H19F2NO5/c24-15-3-7-17(8-4-15)26-21(14-1-9-18(27)10-2-14)22(31-23(26)29)20(28)13-30-19-11-5-16(25)6-12-19/h1-12,20-22,27-28H,13H2/t20-,21-,22-/m1/s1. The van der Waals surface area contributed by atoms with E-state index in [0.29, 0.717) is 17.0 Å². The zero-order chi connectivity index (χ0) is 22.0. The molecule has 160 valence electrons. The minimum absolute atomic E-state index is 0.0408. The molecule has 2 N–H and O–H groups in total. The Bertz CT molecular complexity index is 1040. The monoisotopic (exact) mass is 427 g/mol. The summed E-state index contributed by atoms with van der Waals surface area (Å²) in [6.07, 6.45) is -2.95. The largest absolute Gasteiger partial charge is 0.508 e. The maximum atomic E-state index is 13.4. The van der Waals surface area contributed by atoms with Gasteiger partial charge < -0.3 is 19.7 Å². The SMILES string of the molecule is O=C1O[C@H]([C@H](O)COc2ccc(F)cc2)[C@@H](c2ccc(O)cc2)N1c1ccc(F)cc1. The zero-order valence-corrected chi connectivity index (χ0v) is 16.2. The lowest BCUT2D eigenvalue weighted by Gasteiger charge is -2.27. The molecule has 0 unspecified atom stereocenters. The normalized spacial score (nSPS) is 19.2. The summed E-state index contributed by atoms with van der Waals surface area (Å²) in [7, 11) is 0. The number of carbonyl (C=O) groups is 1. The Morgan fingerprint density at radius 2 is 1.52 bits per heavy atom. The average Bonchev–Trinajstić information content (AvgIpc) is 3.11. The second kappa shape index (κ2) is 8.61. The van der Waals surface area contributed by atoms with Crippen molar-refractivity contribution in [3.8, 4) is 11.5 Å². The number of phenols is 1. The van der Waals surface area contributed by atoms with Gasteiger partial charge in [0.05, 0.1) is 0 Å². The van der Waals surface area contributed by atoms with Crippen LogP contribution >= 0.6 is 0 Å². The molecule has 31 heavy (non-hydrogen) atoms. The number of rotatable bonds is 6. The van der Waals surface area contributed by atoms with Crippen LogP contribution < -0.4 is 9.64 Å². The Hall–Kier alpha value is -3.65. The number of aliphatic hydroxyl groups is 1. The summed E-state index contributed by atoms with van der Waals surface area (Å²) in [4.78, 5) is 14.0. The van der Waals surface area contributed by atoms with Crippen LogP contribution in [0.4, 0.5) is 19.3 Å². The molecule has 1 amide bonds. The van der Waals surface area contributed by atoms with Gasteiger partial charge in [0.2, 0.25) is 0 Å². The molecule has 3 aromatic carbocycles. The molecule has 0 saturated carbocycles. The number of aliphatic hydroxyl groups excluding tert-OH is 1. The highest BCUT2D eigenvalue weighted by molar-refractivity contribution is 5.91. The van der Waals surface area contributed by atoms with Crippen molar-refractivity contribution in [1.82, 2.24) is 0 Å². The van der Waals surface area contributed by atoms with Crippen LogP contribution in [-0.2, 0) is 4.74 Å². The summed E-state index contributed by atoms with van der Waals surface area (Å²) >= 11 is 0. The highest BCUT2D eigenvalue weighted by atomic mass is 19.1. The van der Waals surface area contributed by atoms with Crippen LogP contribution in [-0.4, -0.2) is 35.1 Å². The van der Waals surface area contributed by atoms with E-state index in [9.17, 15) is 23.8 Å². The molecular weight excluding hydrogens is 408 g/mol. The van der Waals surface area contributed by atoms with Crippen molar-refractivity contribution in [1.29, 1.82) is 0 Å². The van der Waals surface area contributed by atoms with Gasteiger partial charge in [-0.15, -0.1) is 0 Å². The summed E-state index contributed by atoms with van der Waals surface area (Å²) < 4.78 is 37.4. The fourth-order valence-corrected chi connectivity index (χ4v) is 3.47. The van der Waals surface area contributed by atoms with Crippen molar-refractivity contribution < 1.29 is 33.3 Å². The number of cyclic esters (lactones) is 1. The van der Waals surface area contributed by atoms with E-state index in [1.54, 1.807) is 12.1 Å². The van der Waals surface area contributed by atoms with Crippen LogP contribution in [0.15, 0.2) is 72.8 Å². The van der Waals surface area contributed by atoms with Crippen molar-refractivity contribution in [2.24, 2.45) is 0 Å². The maximum Gasteiger partial charge on any atom is 0.415 e. The van der Waals surface area contributed by atoms with Gasteiger partial charge in [0.25, 0.3) is 0 Å². The number of aromatic hydroxyl groups is 1. The minimum Gasteiger partial charge on any atom is -0.508 e. The molecule has 4 rings (SSSR count). The highest BCUT2D eigenvalue weighted by Crippen LogP contribution is 2.39. The average molecular weight is 427 g/mol. The number of phenolic OH excluding ortho intramolecular Hbond substituents is 1. The number of hydrogen-bond donors (Lipinski definition) is 2. The van der Waals surface area contributed by atoms with Gasteiger partial charge in [0.15, 0.2) is 6.10 Å². The number of nitrogens with zero attached hydrogens (tertiary/aromatic N) is 1. The number of carbonyl (C=O) groups excluding carboxylic acids is 1. The van der Waals surface area contributed by atoms with Crippen LogP contribution in [0.3, 0.4) is 0 Å². The highest BCUT2D eigenvalue weighted by Gasteiger charge is 2.47. The van der Waals surface area contributed by atoms with Crippen molar-refractivity contribution in [2.75, 3.05) is 11.5 Å². The number of anilines is 1. The van der Waals surface area contributed by atoms with Gasteiger partial charge >= 0.3 is 6.09 Å². The lowest BCUT2D eigenvalue weighted by molar-refractivity contribution is -0.00647. The summed E-state index contributed by atoms with van der Waals surface area (Å²) in [6, 6.07) is 16.0. The molecule has 6 nitrogen and oxygen atoms in total. The summed E-state index contributed by atoms with van der Waals surface area (Å²) in [5.74, 6) is -0.484. The van der Waals surface area contributed by atoms with Crippen LogP contribution in [0.2, 0.25) is 0 Å². The molecular formula is C23H19F2NO5. The van der Waals surface area contributed by atoms with Crippen LogP contribution in [0.1, 0.15) is 11.6 Å². The number of ether oxygens (including phenoxy) is 2. The van der Waals surface area contributed by atoms with E-state index in [4.69, 9.17) is 9.47 Å². The van der Waals surface area contributed by atoms with Crippen molar-refractivity contribution >= 4 is 11.8 Å². The molecule has 1 aliphatic heterocycles. The Labute approximate surface area is 176 Å². The van der Waals surface area contributed by atoms with Gasteiger partial charge in [-0.2, -0.15) is 0 Å². The molecule has 0 aromatic heterocycles. The summed E-state index contributed by atoms with van der Waals surface area (Å²) in [6.45, 7) is -0.213. The van der Waals surface area contributed by atoms with Gasteiger partial charge in [-0.3, -0.25) is 4.90 Å². The Morgan fingerprint density at radius 3 is 2.13 bits per heavy atom. The van der Waals surface area contributed by atoms with E-state index in [2.05, 4.69) is 0 Å². The molecule has 1 aliphatic rings. The fourth-order valence-electron chi connectivity index (χ4n) is 3.47. The van der Waals surface area contributed by atoms with Crippen molar-refractivity contribution in [2.45, 2.75) is 18.2 Å². The molecule has 8 heteroatoms. The van der Waals surface area contributed by atoms with E-state index in [0.717, 1.165) is 0 Å². The lowest BCUT2D eigenvalue weighted by Crippen LogP contribution is -2.38. The topological polar surface area (TPSA) is 79.2 Å². The first-order valence-corrected chi connectivity index (χ1v) is 9.53. The predicted octanol–water partition coefficient (Wildman–Crippen LogP) is 4.18. The van der Waals surface area contributed by atoms with Gasteiger partial charge in [-0.1, -0.05) is 12.1 Å². The Morgan fingerprint density at radius 1 is 0.935 bits per heavy atom. The van der Waals surface area contributed by atoms with Crippen LogP contribution in [0.25, 0.3) is 0 Å². The number of hydrogen-bond acceptors (Lipinski definition) is 5. The summed E-state index contributed by atoms with van der Waals surface area (Å²) in [5.41, 5.74) is 0.984. The molecule has 0 aliphatic carbocycles. The second-order valence-electron chi connectivity index (χ2n) is 7.06. The van der Waals surface area contributed by atoms with Crippen LogP contribution in [0.5, 0.6) is 11.5 Å². The Kier molecular flexibility index (Phi) is 5.73. The van der Waals surface area contributed by atoms with E-state index in [-0.39, 0.29) is 12.4 Å². The molecule has 3 atom stereocenters. The predicted molar refractivity (Wildman–Crippen MR) is 108 cm³/mol. The second-order valence-corrected chi connectivity index (χ2v) is 7.06. The van der Waals surface area contributed by atoms with E-state index < -0.39 is 36.0 Å². The third-order valence-electron chi connectivity index (χ3n) is 4.98. The van der Waals surface area contributed by atoms with Crippen molar-refractivity contribution in [3.05, 3.63) is 90.0 Å². The molecule has 0 spiro atoms. The maximum absolute atomic E-state index is 13.4. The zero-order valence-electron chi connectivity index (χ0n) is 16.2. The number of halogens is 2. The van der Waals surface area contributed by atoms with Crippen LogP contribution in [0, 0.1) is 11.6 Å². The lowest BCUT2D eigenvalue weighted by atomic mass is 9.96. The van der Waals surface area contributed by atoms with Gasteiger partial charge in [-0.25, -0.2) is 13.6 Å². The molecule has 0 bridgehead atoms. The molecule has 1 fully saturated rings. The number of amides is 1. The fraction of sp³-hybridized carbons (Fsp3) is 0.174. The molecule has 1 heterocycles. The molecule has 1 saturated heterocycles. The smallest absolute Gasteiger partial charge is 0.415 e. The molecule has 3 aromatic rings. The first-order chi connectivity index (χ1) is 14.9. The van der Waals surface area contributed by atoms with Gasteiger partial charge in [0.1, 0.15) is 41.9 Å². The van der Waals surface area contributed by atoms with E-state index in [1.165, 1.54) is 65.6 Å². The van der Waals surface area contributed by atoms with Gasteiger partial charge in [-0.05, 0) is 66.2 Å². The minimum atomic E-state index is -1.22. The van der Waals surface area contributed by atoms with Gasteiger partial charge in [0, 0.05) is 5.69 Å². The Balaban J connectivity index is 1.61. The first kappa shape index (κ1) is 20.6. The summed E-state index contributed by atoms with van der Waals surface area (Å²) in [5, 5.41) is 20.4. The molecule has 0 radical (unpaired) electrons. The third kappa shape index (κ3) is 4.44. The van der Waals surface area contributed by atoms with Crippen molar-refractivity contribution in [3.63, 3.8) is 0 Å². The van der Waals surface area contributed by atoms with E-state index in [1.807, 2.05) is 0 Å². The first-order valence-electron chi connectivity index (χ1n) is 9.53.